The van der Waals surface area contributed by atoms with Gasteiger partial charge in [0.2, 0.25) is 0 Å². The highest BCUT2D eigenvalue weighted by Gasteiger charge is 2.61. The highest BCUT2D eigenvalue weighted by atomic mass is 16.6. The van der Waals surface area contributed by atoms with Crippen LogP contribution in [0.15, 0.2) is 94.6 Å². The number of aromatic nitrogens is 2. The lowest BCUT2D eigenvalue weighted by Crippen LogP contribution is -2.50. The molecule has 2 saturated heterocycles. The van der Waals surface area contributed by atoms with Crippen molar-refractivity contribution in [3.8, 4) is 11.5 Å². The topological polar surface area (TPSA) is 124 Å². The summed E-state index contributed by atoms with van der Waals surface area (Å²) in [5.74, 6) is 1.41. The maximum atomic E-state index is 12.7. The summed E-state index contributed by atoms with van der Waals surface area (Å²) in [5, 5.41) is 14.8. The van der Waals surface area contributed by atoms with Crippen LogP contribution in [-0.4, -0.2) is 59.8 Å². The minimum Gasteiger partial charge on any atom is -0.497 e. The van der Waals surface area contributed by atoms with Crippen LogP contribution >= 0.6 is 0 Å². The van der Waals surface area contributed by atoms with Crippen LogP contribution in [0, 0.1) is 6.92 Å². The van der Waals surface area contributed by atoms with Gasteiger partial charge in [-0.2, -0.15) is 0 Å². The normalized spacial score (nSPS) is 23.2. The lowest BCUT2D eigenvalue weighted by Gasteiger charge is -2.40. The number of aryl methyl sites for hydroxylation is 1. The Labute approximate surface area is 242 Å². The molecule has 2 fully saturated rings. The Morgan fingerprint density at radius 3 is 2.07 bits per heavy atom. The number of aromatic amines is 1. The number of hydrogen-bond donors (Lipinski definition) is 3. The van der Waals surface area contributed by atoms with Gasteiger partial charge in [-0.05, 0) is 47.9 Å². The van der Waals surface area contributed by atoms with Crippen LogP contribution in [0.4, 0.5) is 0 Å². The molecule has 0 spiro atoms. The molecule has 10 nitrogen and oxygen atoms in total. The average Bonchev–Trinajstić information content (AvgIpc) is 3.49. The summed E-state index contributed by atoms with van der Waals surface area (Å²) in [4.78, 5) is 27.0. The first-order chi connectivity index (χ1) is 20.3. The van der Waals surface area contributed by atoms with Crippen molar-refractivity contribution in [2.45, 2.75) is 36.5 Å². The van der Waals surface area contributed by atoms with E-state index >= 15 is 0 Å². The number of H-pyrrole nitrogens is 1. The molecular formula is C32H33N3O7. The summed E-state index contributed by atoms with van der Waals surface area (Å²) < 4.78 is 25.6. The lowest BCUT2D eigenvalue weighted by atomic mass is 9.79. The van der Waals surface area contributed by atoms with Crippen molar-refractivity contribution in [2.75, 3.05) is 27.4 Å². The zero-order valence-corrected chi connectivity index (χ0v) is 23.6. The van der Waals surface area contributed by atoms with E-state index in [9.17, 15) is 14.7 Å². The van der Waals surface area contributed by atoms with E-state index in [2.05, 4.69) is 10.3 Å². The Morgan fingerprint density at radius 2 is 1.50 bits per heavy atom. The molecule has 3 heterocycles. The number of hydrogen-bond acceptors (Lipinski definition) is 8. The molecule has 3 aromatic carbocycles. The Morgan fingerprint density at radius 1 is 0.929 bits per heavy atom. The molecule has 1 aromatic heterocycles. The van der Waals surface area contributed by atoms with Gasteiger partial charge in [-0.3, -0.25) is 14.3 Å². The molecule has 10 heteroatoms. The molecule has 2 bridgehead atoms. The van der Waals surface area contributed by atoms with Gasteiger partial charge in [-0.25, -0.2) is 4.79 Å². The molecule has 218 valence electrons. The zero-order chi connectivity index (χ0) is 29.5. The van der Waals surface area contributed by atoms with E-state index in [1.807, 2.05) is 78.9 Å². The largest absolute Gasteiger partial charge is 0.497 e. The zero-order valence-electron chi connectivity index (χ0n) is 23.6. The minimum absolute atomic E-state index is 0.0157. The number of aliphatic hydroxyl groups excluding tert-OH is 1. The van der Waals surface area contributed by atoms with Gasteiger partial charge in [0.1, 0.15) is 28.8 Å². The molecule has 0 radical (unpaired) electrons. The number of rotatable bonds is 9. The third-order valence-electron chi connectivity index (χ3n) is 8.31. The summed E-state index contributed by atoms with van der Waals surface area (Å²) >= 11 is 0. The summed E-state index contributed by atoms with van der Waals surface area (Å²) in [6.45, 7) is 1.91. The number of nitrogens with one attached hydrogen (secondary N) is 2. The molecule has 0 amide bonds. The van der Waals surface area contributed by atoms with Crippen LogP contribution in [0.3, 0.4) is 0 Å². The van der Waals surface area contributed by atoms with Gasteiger partial charge in [0.15, 0.2) is 6.23 Å². The Balaban J connectivity index is 1.44. The molecule has 42 heavy (non-hydrogen) atoms. The van der Waals surface area contributed by atoms with Crippen molar-refractivity contribution in [2.24, 2.45) is 0 Å². The van der Waals surface area contributed by atoms with E-state index in [0.717, 1.165) is 16.7 Å². The first kappa shape index (κ1) is 27.9. The highest BCUT2D eigenvalue weighted by molar-refractivity contribution is 5.49. The quantitative estimate of drug-likeness (QED) is 0.262. The van der Waals surface area contributed by atoms with E-state index in [-0.39, 0.29) is 6.61 Å². The molecule has 0 aliphatic carbocycles. The minimum atomic E-state index is -1.17. The standard InChI is InChI=1S/C32H33N3O7/c1-20-17-35(30(38)34-28(20)37)29-26-27(36)31(42-29,18-33-26)19-41-32(21-7-5-4-6-8-21,22-9-13-24(39-2)14-10-22)23-11-15-25(40-3)16-12-23/h4-17,26-27,29,33,36H,18-19H2,1-3H3,(H,34,37,38)/t26-,27+,29-,31-/m1/s1. The van der Waals surface area contributed by atoms with Crippen LogP contribution in [0.5, 0.6) is 11.5 Å². The van der Waals surface area contributed by atoms with Crippen molar-refractivity contribution in [1.82, 2.24) is 14.9 Å². The number of methoxy groups -OCH3 is 2. The average molecular weight is 572 g/mol. The van der Waals surface area contributed by atoms with Crippen LogP contribution in [0.25, 0.3) is 0 Å². The van der Waals surface area contributed by atoms with E-state index in [4.69, 9.17) is 18.9 Å². The smallest absolute Gasteiger partial charge is 0.330 e. The summed E-state index contributed by atoms with van der Waals surface area (Å²) in [6, 6.07) is 24.6. The summed E-state index contributed by atoms with van der Waals surface area (Å²) in [6.07, 6.45) is -0.367. The second-order valence-electron chi connectivity index (χ2n) is 10.7. The number of nitrogens with zero attached hydrogens (tertiary/aromatic N) is 1. The van der Waals surface area contributed by atoms with Gasteiger partial charge in [0.25, 0.3) is 5.56 Å². The molecule has 0 saturated carbocycles. The number of aliphatic hydroxyl groups is 1. The van der Waals surface area contributed by atoms with E-state index in [0.29, 0.717) is 23.6 Å². The molecule has 4 atom stereocenters. The van der Waals surface area contributed by atoms with E-state index in [1.165, 1.54) is 10.8 Å². The van der Waals surface area contributed by atoms with Crippen LogP contribution in [-0.2, 0) is 15.1 Å². The molecule has 6 rings (SSSR count). The number of fused-ring (bicyclic) bond motifs is 2. The third kappa shape index (κ3) is 4.53. The van der Waals surface area contributed by atoms with E-state index < -0.39 is 40.8 Å². The van der Waals surface area contributed by atoms with Gasteiger partial charge in [0.05, 0.1) is 26.9 Å². The molecule has 3 N–H and O–H groups in total. The first-order valence-corrected chi connectivity index (χ1v) is 13.7. The SMILES string of the molecule is COc1ccc(C(OC[C@@]23CN[C@@H]([C@H](n4cc(C)c(=O)[nH]c4=O)O2)[C@@H]3O)(c2ccccc2)c2ccc(OC)cc2)cc1. The predicted molar refractivity (Wildman–Crippen MR) is 155 cm³/mol. The summed E-state index contributed by atoms with van der Waals surface area (Å²) in [7, 11) is 3.24. The number of morpholine rings is 1. The monoisotopic (exact) mass is 571 g/mol. The van der Waals surface area contributed by atoms with Gasteiger partial charge in [-0.15, -0.1) is 0 Å². The van der Waals surface area contributed by atoms with Gasteiger partial charge in [0, 0.05) is 18.3 Å². The fraction of sp³-hybridized carbons (Fsp3) is 0.312. The molecular weight excluding hydrogens is 538 g/mol. The van der Waals surface area contributed by atoms with E-state index in [1.54, 1.807) is 21.1 Å². The highest BCUT2D eigenvalue weighted by Crippen LogP contribution is 2.46. The second kappa shape index (κ2) is 10.9. The Bertz CT molecular complexity index is 1620. The summed E-state index contributed by atoms with van der Waals surface area (Å²) in [5.41, 5.74) is -0.429. The van der Waals surface area contributed by atoms with Gasteiger partial charge >= 0.3 is 5.69 Å². The van der Waals surface area contributed by atoms with Crippen molar-refractivity contribution < 1.29 is 24.1 Å². The predicted octanol–water partition coefficient (Wildman–Crippen LogP) is 2.47. The first-order valence-electron chi connectivity index (χ1n) is 13.7. The lowest BCUT2D eigenvalue weighted by molar-refractivity contribution is -0.162. The molecule has 0 unspecified atom stereocenters. The second-order valence-corrected chi connectivity index (χ2v) is 10.7. The van der Waals surface area contributed by atoms with Crippen molar-refractivity contribution in [1.29, 1.82) is 0 Å². The molecule has 2 aliphatic rings. The molecule has 2 aliphatic heterocycles. The maximum absolute atomic E-state index is 12.7. The van der Waals surface area contributed by atoms with Crippen LogP contribution in [0.2, 0.25) is 0 Å². The fourth-order valence-corrected chi connectivity index (χ4v) is 6.00. The number of benzene rings is 3. The van der Waals surface area contributed by atoms with Crippen LogP contribution < -0.4 is 26.0 Å². The maximum Gasteiger partial charge on any atom is 0.330 e. The van der Waals surface area contributed by atoms with Crippen LogP contribution in [0.1, 0.15) is 28.5 Å². The Hall–Kier alpha value is -4.22. The Kier molecular flexibility index (Phi) is 7.24. The fourth-order valence-electron chi connectivity index (χ4n) is 6.00. The van der Waals surface area contributed by atoms with Gasteiger partial charge < -0.3 is 29.4 Å². The van der Waals surface area contributed by atoms with Crippen molar-refractivity contribution in [3.63, 3.8) is 0 Å². The van der Waals surface area contributed by atoms with Crippen molar-refractivity contribution in [3.05, 3.63) is 128 Å². The van der Waals surface area contributed by atoms with Crippen molar-refractivity contribution >= 4 is 0 Å². The molecule has 4 aromatic rings. The number of ether oxygens (including phenoxy) is 4. The third-order valence-corrected chi connectivity index (χ3v) is 8.31. The van der Waals surface area contributed by atoms with Gasteiger partial charge in [-0.1, -0.05) is 54.6 Å².